The van der Waals surface area contributed by atoms with Gasteiger partial charge in [-0.05, 0) is 35.3 Å². The van der Waals surface area contributed by atoms with Crippen molar-refractivity contribution >= 4 is 23.8 Å². The third-order valence-corrected chi connectivity index (χ3v) is 4.20. The van der Waals surface area contributed by atoms with Gasteiger partial charge >= 0.3 is 6.18 Å². The number of hydrogen-bond donors (Lipinski definition) is 0. The lowest BCUT2D eigenvalue weighted by Gasteiger charge is -2.15. The minimum atomic E-state index is -4.45. The zero-order valence-electron chi connectivity index (χ0n) is 14.9. The Bertz CT molecular complexity index is 947. The van der Waals surface area contributed by atoms with Gasteiger partial charge in [0, 0.05) is 0 Å². The average molecular weight is 364 g/mol. The van der Waals surface area contributed by atoms with Crippen molar-refractivity contribution in [3.8, 4) is 0 Å². The smallest absolute Gasteiger partial charge is 0.166 e. The van der Waals surface area contributed by atoms with Gasteiger partial charge in [-0.1, -0.05) is 96.6 Å². The Labute approximate surface area is 157 Å². The molecule has 3 rings (SSSR count). The second-order valence-corrected chi connectivity index (χ2v) is 6.30. The molecule has 3 aromatic carbocycles. The van der Waals surface area contributed by atoms with E-state index in [0.717, 1.165) is 11.1 Å². The fraction of sp³-hybridized carbons (Fsp3) is 0.0833. The largest absolute Gasteiger partial charge is 0.417 e. The van der Waals surface area contributed by atoms with Crippen LogP contribution >= 0.6 is 0 Å². The molecule has 0 radical (unpaired) electrons. The molecule has 27 heavy (non-hydrogen) atoms. The second kappa shape index (κ2) is 8.09. The van der Waals surface area contributed by atoms with Crippen LogP contribution in [-0.2, 0) is 0 Å². The van der Waals surface area contributed by atoms with Crippen LogP contribution in [0.1, 0.15) is 27.8 Å². The zero-order valence-corrected chi connectivity index (χ0v) is 14.9. The summed E-state index contributed by atoms with van der Waals surface area (Å²) in [4.78, 5) is 0. The van der Waals surface area contributed by atoms with Crippen molar-refractivity contribution in [1.82, 2.24) is 0 Å². The summed E-state index contributed by atoms with van der Waals surface area (Å²) in [5.74, 6) is 0. The number of alkyl halides is 3. The number of hydrogen-bond acceptors (Lipinski definition) is 0. The highest BCUT2D eigenvalue weighted by molar-refractivity contribution is 5.89. The van der Waals surface area contributed by atoms with E-state index in [-0.39, 0.29) is 5.56 Å². The summed E-state index contributed by atoms with van der Waals surface area (Å²) in [7, 11) is 0. The normalized spacial score (nSPS) is 12.5. The van der Waals surface area contributed by atoms with Crippen molar-refractivity contribution in [2.75, 3.05) is 0 Å². The number of aryl methyl sites for hydroxylation is 1. The molecule has 0 fully saturated rings. The van der Waals surface area contributed by atoms with Crippen molar-refractivity contribution in [3.05, 3.63) is 107 Å². The van der Waals surface area contributed by atoms with Gasteiger partial charge in [0.25, 0.3) is 0 Å². The SMILES string of the molecule is Cc1ccc(/C=C\c2ccccc2/C(=C/c2ccccc2)C(F)(F)F)cc1. The van der Waals surface area contributed by atoms with Crippen molar-refractivity contribution in [3.63, 3.8) is 0 Å². The van der Waals surface area contributed by atoms with Crippen LogP contribution in [0.2, 0.25) is 0 Å². The number of halogens is 3. The van der Waals surface area contributed by atoms with Crippen LogP contribution in [0.25, 0.3) is 23.8 Å². The van der Waals surface area contributed by atoms with Crippen LogP contribution in [-0.4, -0.2) is 6.18 Å². The number of rotatable bonds is 4. The predicted molar refractivity (Wildman–Crippen MR) is 107 cm³/mol. The highest BCUT2D eigenvalue weighted by Crippen LogP contribution is 2.37. The van der Waals surface area contributed by atoms with Crippen LogP contribution in [0.4, 0.5) is 13.2 Å². The Kier molecular flexibility index (Phi) is 5.60. The molecule has 0 N–H and O–H groups in total. The zero-order chi connectivity index (χ0) is 19.3. The monoisotopic (exact) mass is 364 g/mol. The Hall–Kier alpha value is -3.07. The molecule has 0 saturated heterocycles. The van der Waals surface area contributed by atoms with Gasteiger partial charge in [0.05, 0.1) is 5.57 Å². The summed E-state index contributed by atoms with van der Waals surface area (Å²) in [5, 5.41) is 0. The van der Waals surface area contributed by atoms with Crippen LogP contribution < -0.4 is 0 Å². The summed E-state index contributed by atoms with van der Waals surface area (Å²) in [6, 6.07) is 23.0. The van der Waals surface area contributed by atoms with E-state index in [1.165, 1.54) is 12.1 Å². The first-order chi connectivity index (χ1) is 12.9. The minimum absolute atomic E-state index is 0.164. The molecule has 0 aromatic heterocycles. The van der Waals surface area contributed by atoms with Gasteiger partial charge < -0.3 is 0 Å². The summed E-state index contributed by atoms with van der Waals surface area (Å²) in [5.41, 5.74) is 2.63. The third kappa shape index (κ3) is 4.98. The van der Waals surface area contributed by atoms with E-state index in [1.54, 1.807) is 54.6 Å². The topological polar surface area (TPSA) is 0 Å². The molecule has 3 aromatic rings. The fourth-order valence-corrected chi connectivity index (χ4v) is 2.78. The molecule has 0 bridgehead atoms. The van der Waals surface area contributed by atoms with Gasteiger partial charge in [-0.2, -0.15) is 13.2 Å². The summed E-state index contributed by atoms with van der Waals surface area (Å²) in [6.07, 6.45) is 0.293. The summed E-state index contributed by atoms with van der Waals surface area (Å²) < 4.78 is 41.4. The van der Waals surface area contributed by atoms with Crippen molar-refractivity contribution in [1.29, 1.82) is 0 Å². The summed E-state index contributed by atoms with van der Waals surface area (Å²) in [6.45, 7) is 1.99. The molecule has 3 heteroatoms. The molecule has 0 unspecified atom stereocenters. The molecule has 0 aliphatic rings. The Balaban J connectivity index is 2.04. The molecule has 0 spiro atoms. The second-order valence-electron chi connectivity index (χ2n) is 6.30. The van der Waals surface area contributed by atoms with Crippen LogP contribution in [0.3, 0.4) is 0 Å². The maximum absolute atomic E-state index is 13.8. The Morgan fingerprint density at radius 1 is 0.704 bits per heavy atom. The van der Waals surface area contributed by atoms with Crippen LogP contribution in [0.5, 0.6) is 0 Å². The van der Waals surface area contributed by atoms with Crippen LogP contribution in [0, 0.1) is 6.92 Å². The molecular formula is C24H19F3. The Morgan fingerprint density at radius 2 is 1.33 bits per heavy atom. The fourth-order valence-electron chi connectivity index (χ4n) is 2.78. The lowest BCUT2D eigenvalue weighted by Crippen LogP contribution is -2.11. The van der Waals surface area contributed by atoms with E-state index in [1.807, 2.05) is 37.3 Å². The molecule has 0 heterocycles. The molecule has 0 saturated carbocycles. The van der Waals surface area contributed by atoms with Gasteiger partial charge in [-0.3, -0.25) is 0 Å². The first kappa shape index (κ1) is 18.7. The first-order valence-electron chi connectivity index (χ1n) is 8.61. The van der Waals surface area contributed by atoms with Gasteiger partial charge in [0.1, 0.15) is 0 Å². The number of allylic oxidation sites excluding steroid dienone is 1. The van der Waals surface area contributed by atoms with Crippen molar-refractivity contribution in [2.24, 2.45) is 0 Å². The molecule has 0 amide bonds. The van der Waals surface area contributed by atoms with Gasteiger partial charge in [-0.25, -0.2) is 0 Å². The van der Waals surface area contributed by atoms with Crippen molar-refractivity contribution < 1.29 is 13.2 Å². The average Bonchev–Trinajstić information content (AvgIpc) is 2.66. The van der Waals surface area contributed by atoms with E-state index in [0.29, 0.717) is 11.1 Å². The molecule has 0 nitrogen and oxygen atoms in total. The van der Waals surface area contributed by atoms with E-state index in [4.69, 9.17) is 0 Å². The highest BCUT2D eigenvalue weighted by atomic mass is 19.4. The Morgan fingerprint density at radius 3 is 2.00 bits per heavy atom. The molecule has 0 atom stereocenters. The quantitative estimate of drug-likeness (QED) is 0.427. The van der Waals surface area contributed by atoms with Gasteiger partial charge in [0.2, 0.25) is 0 Å². The third-order valence-electron chi connectivity index (χ3n) is 4.20. The minimum Gasteiger partial charge on any atom is -0.166 e. The molecular weight excluding hydrogens is 345 g/mol. The van der Waals surface area contributed by atoms with E-state index in [9.17, 15) is 13.2 Å². The maximum Gasteiger partial charge on any atom is 0.417 e. The summed E-state index contributed by atoms with van der Waals surface area (Å²) >= 11 is 0. The van der Waals surface area contributed by atoms with Crippen molar-refractivity contribution in [2.45, 2.75) is 13.1 Å². The van der Waals surface area contributed by atoms with Crippen LogP contribution in [0.15, 0.2) is 78.9 Å². The van der Waals surface area contributed by atoms with E-state index >= 15 is 0 Å². The lowest BCUT2D eigenvalue weighted by molar-refractivity contribution is -0.0683. The molecule has 136 valence electrons. The van der Waals surface area contributed by atoms with E-state index in [2.05, 4.69) is 0 Å². The van der Waals surface area contributed by atoms with Gasteiger partial charge in [0.15, 0.2) is 0 Å². The molecule has 0 aliphatic heterocycles. The standard InChI is InChI=1S/C24H19F3/c1-18-11-13-19(14-12-18)15-16-21-9-5-6-10-22(21)23(24(25,26)27)17-20-7-3-2-4-8-20/h2-17H,1H3/b16-15-,23-17-. The highest BCUT2D eigenvalue weighted by Gasteiger charge is 2.35. The lowest BCUT2D eigenvalue weighted by atomic mass is 9.96. The predicted octanol–water partition coefficient (Wildman–Crippen LogP) is 7.27. The molecule has 0 aliphatic carbocycles. The van der Waals surface area contributed by atoms with E-state index < -0.39 is 11.7 Å². The van der Waals surface area contributed by atoms with Gasteiger partial charge in [-0.15, -0.1) is 0 Å². The first-order valence-corrected chi connectivity index (χ1v) is 8.61. The number of benzene rings is 3. The maximum atomic E-state index is 13.8.